The number of rotatable bonds is 7. The first-order chi connectivity index (χ1) is 14.2. The molecule has 0 fully saturated rings. The maximum Gasteiger partial charge on any atom is 0.338 e. The van der Waals surface area contributed by atoms with Crippen molar-refractivity contribution >= 4 is 38.8 Å². The number of carbonyl (C=O) groups excluding carboxylic acids is 2. The highest BCUT2D eigenvalue weighted by molar-refractivity contribution is 7.89. The van der Waals surface area contributed by atoms with Crippen molar-refractivity contribution in [1.82, 2.24) is 4.72 Å². The molecule has 0 unspecified atom stereocenters. The van der Waals surface area contributed by atoms with Crippen molar-refractivity contribution in [2.45, 2.75) is 31.7 Å². The first kappa shape index (κ1) is 21.5. The molecule has 8 nitrogen and oxygen atoms in total. The van der Waals surface area contributed by atoms with Gasteiger partial charge in [-0.15, -0.1) is 0 Å². The average Bonchev–Trinajstić information content (AvgIpc) is 3.00. The number of carbonyl (C=O) groups is 2. The first-order valence-electron chi connectivity index (χ1n) is 9.43. The van der Waals surface area contributed by atoms with Crippen LogP contribution in [0.1, 0.15) is 36.7 Å². The summed E-state index contributed by atoms with van der Waals surface area (Å²) in [4.78, 5) is 24.2. The molecular formula is C21H23N3O5S. The van der Waals surface area contributed by atoms with Gasteiger partial charge in [0.25, 0.3) is 5.91 Å². The van der Waals surface area contributed by atoms with E-state index in [0.717, 1.165) is 0 Å². The van der Waals surface area contributed by atoms with Crippen LogP contribution in [0, 0.1) is 0 Å². The maximum atomic E-state index is 12.5. The van der Waals surface area contributed by atoms with E-state index in [-0.39, 0.29) is 16.8 Å². The van der Waals surface area contributed by atoms with E-state index < -0.39 is 16.0 Å². The van der Waals surface area contributed by atoms with Gasteiger partial charge in [0.05, 0.1) is 22.6 Å². The average molecular weight is 429 g/mol. The van der Waals surface area contributed by atoms with E-state index in [9.17, 15) is 18.0 Å². The highest BCUT2D eigenvalue weighted by atomic mass is 32.2. The Morgan fingerprint density at radius 2 is 1.87 bits per heavy atom. The van der Waals surface area contributed by atoms with Crippen molar-refractivity contribution in [3.63, 3.8) is 0 Å². The third kappa shape index (κ3) is 4.69. The van der Waals surface area contributed by atoms with Crippen molar-refractivity contribution in [3.05, 3.63) is 59.8 Å². The number of benzene rings is 2. The minimum Gasteiger partial charge on any atom is -0.462 e. The predicted molar refractivity (Wildman–Crippen MR) is 115 cm³/mol. The van der Waals surface area contributed by atoms with Gasteiger partial charge in [0.2, 0.25) is 10.0 Å². The molecule has 1 aliphatic rings. The lowest BCUT2D eigenvalue weighted by Crippen LogP contribution is -2.30. The monoisotopic (exact) mass is 429 g/mol. The normalized spacial score (nSPS) is 14.5. The summed E-state index contributed by atoms with van der Waals surface area (Å²) in [6.07, 6.45) is 1.51. The van der Waals surface area contributed by atoms with Gasteiger partial charge in [-0.3, -0.25) is 4.79 Å². The van der Waals surface area contributed by atoms with Crippen LogP contribution in [-0.4, -0.2) is 32.9 Å². The Morgan fingerprint density at radius 3 is 2.50 bits per heavy atom. The summed E-state index contributed by atoms with van der Waals surface area (Å²) < 4.78 is 32.4. The molecule has 3 N–H and O–H groups in total. The fourth-order valence-corrected chi connectivity index (χ4v) is 4.21. The molecule has 0 bridgehead atoms. The van der Waals surface area contributed by atoms with Crippen molar-refractivity contribution in [2.75, 3.05) is 17.2 Å². The minimum absolute atomic E-state index is 0.0798. The summed E-state index contributed by atoms with van der Waals surface area (Å²) >= 11 is 0. The molecule has 3 rings (SSSR count). The van der Waals surface area contributed by atoms with Crippen LogP contribution in [0.25, 0.3) is 5.57 Å². The minimum atomic E-state index is -3.69. The van der Waals surface area contributed by atoms with Crippen molar-refractivity contribution in [1.29, 1.82) is 0 Å². The van der Waals surface area contributed by atoms with Crippen LogP contribution in [-0.2, 0) is 19.6 Å². The number of sulfonamides is 1. The lowest BCUT2D eigenvalue weighted by atomic mass is 10.1. The first-order valence-corrected chi connectivity index (χ1v) is 10.9. The van der Waals surface area contributed by atoms with Crippen LogP contribution in [0.15, 0.2) is 53.6 Å². The standard InChI is InChI=1S/C21H23N3O5S/c1-4-29-21(26)14-5-7-15(8-6-14)22-12-18-17-11-16(30(27,28)24-13(2)3)9-10-19(17)23-20(18)25/h5-13,22,24H,4H2,1-3H3,(H,23,25). The molecule has 1 amide bonds. The lowest BCUT2D eigenvalue weighted by molar-refractivity contribution is -0.110. The number of hydrogen-bond donors (Lipinski definition) is 3. The van der Waals surface area contributed by atoms with Gasteiger partial charge >= 0.3 is 5.97 Å². The van der Waals surface area contributed by atoms with E-state index in [2.05, 4.69) is 15.4 Å². The highest BCUT2D eigenvalue weighted by Crippen LogP contribution is 2.33. The predicted octanol–water partition coefficient (Wildman–Crippen LogP) is 2.96. The van der Waals surface area contributed by atoms with Gasteiger partial charge in [-0.1, -0.05) is 0 Å². The van der Waals surface area contributed by atoms with Crippen LogP contribution in [0.3, 0.4) is 0 Å². The zero-order valence-electron chi connectivity index (χ0n) is 16.9. The molecule has 2 aromatic carbocycles. The number of hydrogen-bond acceptors (Lipinski definition) is 6. The number of amides is 1. The lowest BCUT2D eigenvalue weighted by Gasteiger charge is -2.10. The molecule has 0 radical (unpaired) electrons. The summed E-state index contributed by atoms with van der Waals surface area (Å²) in [6, 6.07) is 10.8. The molecule has 30 heavy (non-hydrogen) atoms. The zero-order chi connectivity index (χ0) is 21.9. The van der Waals surface area contributed by atoms with Crippen LogP contribution in [0.2, 0.25) is 0 Å². The van der Waals surface area contributed by atoms with Gasteiger partial charge in [0.1, 0.15) is 0 Å². The molecule has 0 aromatic heterocycles. The Hall–Kier alpha value is -3.17. The topological polar surface area (TPSA) is 114 Å². The van der Waals surface area contributed by atoms with E-state index in [1.807, 2.05) is 0 Å². The van der Waals surface area contributed by atoms with Gasteiger partial charge in [-0.05, 0) is 63.2 Å². The fourth-order valence-electron chi connectivity index (χ4n) is 2.93. The van der Waals surface area contributed by atoms with Crippen LogP contribution >= 0.6 is 0 Å². The largest absolute Gasteiger partial charge is 0.462 e. The van der Waals surface area contributed by atoms with Gasteiger partial charge < -0.3 is 15.4 Å². The van der Waals surface area contributed by atoms with E-state index in [0.29, 0.717) is 34.7 Å². The number of nitrogens with one attached hydrogen (secondary N) is 3. The van der Waals surface area contributed by atoms with E-state index in [4.69, 9.17) is 4.74 Å². The molecule has 0 saturated carbocycles. The van der Waals surface area contributed by atoms with Gasteiger partial charge in [0.15, 0.2) is 0 Å². The fraction of sp³-hybridized carbons (Fsp3) is 0.238. The number of ether oxygens (including phenoxy) is 1. The molecule has 0 atom stereocenters. The zero-order valence-corrected chi connectivity index (χ0v) is 17.7. The Kier molecular flexibility index (Phi) is 6.23. The van der Waals surface area contributed by atoms with Gasteiger partial charge in [-0.2, -0.15) is 0 Å². The third-order valence-corrected chi connectivity index (χ3v) is 5.91. The van der Waals surface area contributed by atoms with E-state index in [1.165, 1.54) is 18.3 Å². The smallest absolute Gasteiger partial charge is 0.338 e. The summed E-state index contributed by atoms with van der Waals surface area (Å²) in [5.41, 5.74) is 2.41. The quantitative estimate of drug-likeness (QED) is 0.461. The Morgan fingerprint density at radius 1 is 1.17 bits per heavy atom. The van der Waals surface area contributed by atoms with Crippen LogP contribution < -0.4 is 15.4 Å². The number of anilines is 2. The summed E-state index contributed by atoms with van der Waals surface area (Å²) in [6.45, 7) is 5.50. The van der Waals surface area contributed by atoms with Crippen molar-refractivity contribution in [3.8, 4) is 0 Å². The molecule has 0 spiro atoms. The number of esters is 1. The molecular weight excluding hydrogens is 406 g/mol. The highest BCUT2D eigenvalue weighted by Gasteiger charge is 2.27. The second kappa shape index (κ2) is 8.68. The molecule has 0 aliphatic carbocycles. The Bertz CT molecular complexity index is 1110. The van der Waals surface area contributed by atoms with Crippen LogP contribution in [0.5, 0.6) is 0 Å². The second-order valence-corrected chi connectivity index (χ2v) is 8.65. The molecule has 158 valence electrons. The summed E-state index contributed by atoms with van der Waals surface area (Å²) in [5, 5.41) is 5.72. The SMILES string of the molecule is CCOC(=O)c1ccc(NC=C2C(=O)Nc3ccc(S(=O)(=O)NC(C)C)cc32)cc1. The maximum absolute atomic E-state index is 12.5. The summed E-state index contributed by atoms with van der Waals surface area (Å²) in [5.74, 6) is -0.748. The Labute approximate surface area is 175 Å². The molecule has 1 aliphatic heterocycles. The van der Waals surface area contributed by atoms with Crippen LogP contribution in [0.4, 0.5) is 11.4 Å². The summed E-state index contributed by atoms with van der Waals surface area (Å²) in [7, 11) is -3.69. The molecule has 9 heteroatoms. The van der Waals surface area contributed by atoms with E-state index in [1.54, 1.807) is 51.1 Å². The van der Waals surface area contributed by atoms with Gasteiger partial charge in [0, 0.05) is 29.2 Å². The van der Waals surface area contributed by atoms with E-state index >= 15 is 0 Å². The Balaban J connectivity index is 1.84. The third-order valence-electron chi connectivity index (χ3n) is 4.25. The molecule has 2 aromatic rings. The van der Waals surface area contributed by atoms with Crippen molar-refractivity contribution in [2.24, 2.45) is 0 Å². The second-order valence-electron chi connectivity index (χ2n) is 6.94. The number of fused-ring (bicyclic) bond motifs is 1. The van der Waals surface area contributed by atoms with Gasteiger partial charge in [-0.25, -0.2) is 17.9 Å². The molecule has 0 saturated heterocycles. The van der Waals surface area contributed by atoms with Crippen molar-refractivity contribution < 1.29 is 22.7 Å². The molecule has 1 heterocycles.